The summed E-state index contributed by atoms with van der Waals surface area (Å²) in [6.45, 7) is 1.55. The van der Waals surface area contributed by atoms with Crippen LogP contribution in [0.2, 0.25) is 0 Å². The van der Waals surface area contributed by atoms with E-state index >= 15 is 0 Å². The van der Waals surface area contributed by atoms with E-state index in [-0.39, 0.29) is 28.2 Å². The summed E-state index contributed by atoms with van der Waals surface area (Å²) in [4.78, 5) is 29.1. The number of thioether (sulfide) groups is 1. The Hall–Kier alpha value is -2.49. The van der Waals surface area contributed by atoms with E-state index in [9.17, 15) is 22.8 Å². The fraction of sp³-hybridized carbons (Fsp3) is 0.421. The lowest BCUT2D eigenvalue weighted by Crippen LogP contribution is -2.32. The molecule has 1 aromatic carbocycles. The number of ether oxygens (including phenoxy) is 1. The number of aromatic nitrogens is 1. The largest absolute Gasteiger partial charge is 0.462 e. The van der Waals surface area contributed by atoms with Crippen LogP contribution in [0.15, 0.2) is 20.9 Å². The first-order valence-electron chi connectivity index (χ1n) is 9.38. The standard InChI is InChI=1S/C19H18F3N3O3S/c1-2-28-18(27)10-8-25-15-11(16(10)26)12(20)13(21)14(22)17(15)29-19(24-25)23-9-6-4-3-5-7-9/h8-9H,2-7H2,1H3,(H,23,24). The molecule has 6 nitrogen and oxygen atoms in total. The van der Waals surface area contributed by atoms with Crippen LogP contribution < -0.4 is 10.9 Å². The van der Waals surface area contributed by atoms with Crippen LogP contribution in [0, 0.1) is 17.5 Å². The van der Waals surface area contributed by atoms with Gasteiger partial charge in [0.25, 0.3) is 0 Å². The Kier molecular flexibility index (Phi) is 5.28. The number of nitrogens with one attached hydrogen (secondary N) is 1. The number of nitrogens with zero attached hydrogens (tertiary/aromatic N) is 2. The molecule has 1 saturated carbocycles. The molecule has 0 atom stereocenters. The van der Waals surface area contributed by atoms with Gasteiger partial charge in [-0.05, 0) is 31.5 Å². The van der Waals surface area contributed by atoms with Crippen molar-refractivity contribution in [2.45, 2.75) is 50.0 Å². The van der Waals surface area contributed by atoms with Crippen LogP contribution in [0.3, 0.4) is 0 Å². The van der Waals surface area contributed by atoms with Crippen LogP contribution in [0.25, 0.3) is 10.9 Å². The van der Waals surface area contributed by atoms with Gasteiger partial charge in [0.05, 0.1) is 28.4 Å². The number of hydrogen-bond acceptors (Lipinski definition) is 5. The van der Waals surface area contributed by atoms with Crippen molar-refractivity contribution in [2.75, 3.05) is 12.0 Å². The van der Waals surface area contributed by atoms with Crippen LogP contribution >= 0.6 is 11.8 Å². The SMILES string of the molecule is CCOC(=O)c1cn2c3c(c(F)c(F)c(F)c3c1=O)SC(=NC1CCCCC1)N2. The molecule has 1 aliphatic carbocycles. The molecule has 4 rings (SSSR count). The van der Waals surface area contributed by atoms with Gasteiger partial charge in [-0.25, -0.2) is 18.0 Å². The van der Waals surface area contributed by atoms with Gasteiger partial charge in [0.2, 0.25) is 5.43 Å². The summed E-state index contributed by atoms with van der Waals surface area (Å²) in [7, 11) is 0. The number of pyridine rings is 1. The van der Waals surface area contributed by atoms with E-state index in [4.69, 9.17) is 4.74 Å². The molecule has 2 heterocycles. The minimum atomic E-state index is -1.76. The molecule has 1 aliphatic heterocycles. The van der Waals surface area contributed by atoms with E-state index < -0.39 is 39.8 Å². The van der Waals surface area contributed by atoms with Crippen molar-refractivity contribution in [1.82, 2.24) is 4.68 Å². The first kappa shape index (κ1) is 19.8. The number of hydrogen-bond donors (Lipinski definition) is 1. The third-order valence-corrected chi connectivity index (χ3v) is 5.98. The molecule has 1 aromatic heterocycles. The summed E-state index contributed by atoms with van der Waals surface area (Å²) < 4.78 is 49.2. The summed E-state index contributed by atoms with van der Waals surface area (Å²) in [5, 5.41) is -0.421. The molecule has 1 N–H and O–H groups in total. The van der Waals surface area contributed by atoms with Gasteiger partial charge in [-0.15, -0.1) is 0 Å². The van der Waals surface area contributed by atoms with Crippen molar-refractivity contribution < 1.29 is 22.7 Å². The van der Waals surface area contributed by atoms with Crippen molar-refractivity contribution in [1.29, 1.82) is 0 Å². The second kappa shape index (κ2) is 7.74. The van der Waals surface area contributed by atoms with E-state index in [1.807, 2.05) is 0 Å². The molecule has 0 radical (unpaired) electrons. The number of benzene rings is 1. The van der Waals surface area contributed by atoms with Crippen molar-refractivity contribution in [3.05, 3.63) is 39.4 Å². The topological polar surface area (TPSA) is 72.7 Å². The number of rotatable bonds is 3. The van der Waals surface area contributed by atoms with Crippen LogP contribution in [0.4, 0.5) is 13.2 Å². The number of amidine groups is 1. The van der Waals surface area contributed by atoms with Crippen LogP contribution in [0.5, 0.6) is 0 Å². The highest BCUT2D eigenvalue weighted by atomic mass is 32.2. The van der Waals surface area contributed by atoms with Crippen molar-refractivity contribution in [3.63, 3.8) is 0 Å². The van der Waals surface area contributed by atoms with E-state index in [0.717, 1.165) is 54.7 Å². The summed E-state index contributed by atoms with van der Waals surface area (Å²) in [5.41, 5.74) is 1.17. The first-order valence-corrected chi connectivity index (χ1v) is 10.2. The number of aliphatic imine (C=N–C) groups is 1. The van der Waals surface area contributed by atoms with Gasteiger partial charge in [-0.2, -0.15) is 0 Å². The Labute approximate surface area is 168 Å². The molecule has 0 spiro atoms. The third-order valence-electron chi connectivity index (χ3n) is 5.01. The van der Waals surface area contributed by atoms with E-state index in [1.165, 1.54) is 0 Å². The highest BCUT2D eigenvalue weighted by Crippen LogP contribution is 2.37. The Morgan fingerprint density at radius 2 is 1.97 bits per heavy atom. The monoisotopic (exact) mass is 425 g/mol. The quantitative estimate of drug-likeness (QED) is 0.596. The summed E-state index contributed by atoms with van der Waals surface area (Å²) in [6, 6.07) is 0.0352. The highest BCUT2D eigenvalue weighted by molar-refractivity contribution is 8.14. The van der Waals surface area contributed by atoms with Gasteiger partial charge in [-0.1, -0.05) is 19.3 Å². The molecule has 154 valence electrons. The first-order chi connectivity index (χ1) is 13.9. The zero-order valence-electron chi connectivity index (χ0n) is 15.6. The zero-order chi connectivity index (χ0) is 20.7. The zero-order valence-corrected chi connectivity index (χ0v) is 16.4. The van der Waals surface area contributed by atoms with E-state index in [0.29, 0.717) is 0 Å². The predicted octanol–water partition coefficient (Wildman–Crippen LogP) is 3.93. The maximum Gasteiger partial charge on any atom is 0.343 e. The second-order valence-electron chi connectivity index (χ2n) is 6.90. The molecular formula is C19H18F3N3O3S. The van der Waals surface area contributed by atoms with Gasteiger partial charge in [-0.3, -0.25) is 19.9 Å². The van der Waals surface area contributed by atoms with Crippen molar-refractivity contribution in [2.24, 2.45) is 4.99 Å². The molecule has 0 amide bonds. The van der Waals surface area contributed by atoms with E-state index in [1.54, 1.807) is 6.92 Å². The molecule has 2 aliphatic rings. The fourth-order valence-corrected chi connectivity index (χ4v) is 4.66. The summed E-state index contributed by atoms with van der Waals surface area (Å²) in [5.74, 6) is -5.76. The average Bonchev–Trinajstić information content (AvgIpc) is 2.71. The minimum absolute atomic E-state index is 0.000506. The normalized spacial score (nSPS) is 18.1. The van der Waals surface area contributed by atoms with Crippen LogP contribution in [-0.2, 0) is 4.74 Å². The second-order valence-corrected chi connectivity index (χ2v) is 7.90. The Balaban J connectivity index is 1.92. The molecule has 10 heteroatoms. The van der Waals surface area contributed by atoms with E-state index in [2.05, 4.69) is 10.4 Å². The Morgan fingerprint density at radius 3 is 2.66 bits per heavy atom. The smallest absolute Gasteiger partial charge is 0.343 e. The van der Waals surface area contributed by atoms with Crippen LogP contribution in [-0.4, -0.2) is 28.5 Å². The lowest BCUT2D eigenvalue weighted by atomic mass is 9.96. The Bertz CT molecular complexity index is 1090. The molecular weight excluding hydrogens is 407 g/mol. The van der Waals surface area contributed by atoms with Gasteiger partial charge in [0, 0.05) is 6.20 Å². The highest BCUT2D eigenvalue weighted by Gasteiger charge is 2.31. The summed E-state index contributed by atoms with van der Waals surface area (Å²) >= 11 is 0.807. The Morgan fingerprint density at radius 1 is 1.24 bits per heavy atom. The maximum absolute atomic E-state index is 14.5. The van der Waals surface area contributed by atoms with Gasteiger partial charge in [0.15, 0.2) is 22.6 Å². The predicted molar refractivity (Wildman–Crippen MR) is 104 cm³/mol. The van der Waals surface area contributed by atoms with Crippen LogP contribution in [0.1, 0.15) is 49.4 Å². The van der Waals surface area contributed by atoms with Gasteiger partial charge >= 0.3 is 5.97 Å². The number of esters is 1. The lowest BCUT2D eigenvalue weighted by Gasteiger charge is -2.26. The van der Waals surface area contributed by atoms with Gasteiger partial charge in [0.1, 0.15) is 5.56 Å². The molecule has 0 bridgehead atoms. The third kappa shape index (κ3) is 3.39. The maximum atomic E-state index is 14.5. The number of carbonyl (C=O) groups excluding carboxylic acids is 1. The molecule has 0 unspecified atom stereocenters. The van der Waals surface area contributed by atoms with Crippen molar-refractivity contribution >= 4 is 33.8 Å². The lowest BCUT2D eigenvalue weighted by molar-refractivity contribution is 0.0524. The molecule has 1 fully saturated rings. The van der Waals surface area contributed by atoms with Gasteiger partial charge < -0.3 is 4.74 Å². The molecule has 29 heavy (non-hydrogen) atoms. The summed E-state index contributed by atoms with van der Waals surface area (Å²) in [6.07, 6.45) is 6.07. The van der Waals surface area contributed by atoms with Crippen molar-refractivity contribution in [3.8, 4) is 0 Å². The number of halogens is 3. The number of carbonyl (C=O) groups is 1. The molecule has 2 aromatic rings. The molecule has 0 saturated heterocycles. The fourth-order valence-electron chi connectivity index (χ4n) is 3.64. The average molecular weight is 425 g/mol. The minimum Gasteiger partial charge on any atom is -0.462 e.